The van der Waals surface area contributed by atoms with Crippen LogP contribution in [0.2, 0.25) is 0 Å². The molecule has 5 heterocycles. The van der Waals surface area contributed by atoms with Gasteiger partial charge in [0, 0.05) is 44.0 Å². The number of nitrogens with zero attached hydrogens (tertiary/aromatic N) is 7. The zero-order chi connectivity index (χ0) is 31.8. The Morgan fingerprint density at radius 2 is 1.80 bits per heavy atom. The second-order valence-corrected chi connectivity index (χ2v) is 11.1. The Morgan fingerprint density at radius 1 is 1.00 bits per heavy atom. The van der Waals surface area contributed by atoms with Crippen molar-refractivity contribution < 1.29 is 22.7 Å². The molecule has 10 nitrogen and oxygen atoms in total. The molecule has 0 bridgehead atoms. The molecule has 2 aromatic carbocycles. The van der Waals surface area contributed by atoms with Gasteiger partial charge < -0.3 is 19.2 Å². The lowest BCUT2D eigenvalue weighted by molar-refractivity contribution is -0.148. The SMILES string of the molecule is COc1nc2ccccc2cc1-c1cnc(C2CN(Cc3cccnc3)CCN2C(=O)Cn2c(C(F)(F)F)nc3ccccc32)[nH]1. The second kappa shape index (κ2) is 11.9. The number of imidazole rings is 2. The fourth-order valence-corrected chi connectivity index (χ4v) is 6.03. The number of piperazine rings is 1. The molecule has 6 aromatic rings. The first-order chi connectivity index (χ1) is 22.3. The predicted octanol–water partition coefficient (Wildman–Crippen LogP) is 5.48. The van der Waals surface area contributed by atoms with Gasteiger partial charge in [0.15, 0.2) is 0 Å². The molecule has 1 aliphatic heterocycles. The van der Waals surface area contributed by atoms with E-state index in [2.05, 4.69) is 29.8 Å². The number of halogens is 3. The number of aromatic amines is 1. The van der Waals surface area contributed by atoms with Gasteiger partial charge in [-0.3, -0.25) is 14.7 Å². The van der Waals surface area contributed by atoms with Gasteiger partial charge in [-0.15, -0.1) is 0 Å². The second-order valence-electron chi connectivity index (χ2n) is 11.1. The average molecular weight is 627 g/mol. The molecule has 1 saturated heterocycles. The largest absolute Gasteiger partial charge is 0.480 e. The van der Waals surface area contributed by atoms with Crippen LogP contribution in [0.3, 0.4) is 0 Å². The number of benzene rings is 2. The van der Waals surface area contributed by atoms with Crippen molar-refractivity contribution >= 4 is 27.8 Å². The Kier molecular flexibility index (Phi) is 7.61. The van der Waals surface area contributed by atoms with E-state index >= 15 is 0 Å². The van der Waals surface area contributed by atoms with Crippen LogP contribution in [0.4, 0.5) is 13.2 Å². The maximum atomic E-state index is 14.1. The molecule has 0 radical (unpaired) electrons. The molecule has 1 fully saturated rings. The number of hydrogen-bond acceptors (Lipinski definition) is 7. The Hall–Kier alpha value is -5.30. The topological polar surface area (TPSA) is 105 Å². The number of hydrogen-bond donors (Lipinski definition) is 1. The maximum absolute atomic E-state index is 14.1. The average Bonchev–Trinajstić information content (AvgIpc) is 3.70. The number of alkyl halides is 3. The highest BCUT2D eigenvalue weighted by Gasteiger charge is 2.40. The number of carbonyl (C=O) groups excluding carboxylic acids is 1. The van der Waals surface area contributed by atoms with Gasteiger partial charge in [-0.1, -0.05) is 36.4 Å². The Balaban J connectivity index is 1.24. The molecular formula is C33H29F3N8O2. The highest BCUT2D eigenvalue weighted by molar-refractivity contribution is 5.85. The summed E-state index contributed by atoms with van der Waals surface area (Å²) in [6, 6.07) is 19.2. The minimum atomic E-state index is -4.73. The van der Waals surface area contributed by atoms with Crippen LogP contribution in [0.15, 0.2) is 85.3 Å². The van der Waals surface area contributed by atoms with Gasteiger partial charge in [-0.2, -0.15) is 13.2 Å². The van der Waals surface area contributed by atoms with Crippen LogP contribution in [0.1, 0.15) is 23.3 Å². The Labute approximate surface area is 261 Å². The van der Waals surface area contributed by atoms with Gasteiger partial charge in [-0.05, 0) is 35.9 Å². The van der Waals surface area contributed by atoms with E-state index in [9.17, 15) is 18.0 Å². The van der Waals surface area contributed by atoms with E-state index in [4.69, 9.17) is 4.74 Å². The number of H-pyrrole nitrogens is 1. The van der Waals surface area contributed by atoms with E-state index in [1.54, 1.807) is 42.7 Å². The zero-order valence-electron chi connectivity index (χ0n) is 24.8. The van der Waals surface area contributed by atoms with Crippen LogP contribution in [-0.2, 0) is 24.1 Å². The third kappa shape index (κ3) is 5.65. The van der Waals surface area contributed by atoms with Crippen LogP contribution in [0.25, 0.3) is 33.2 Å². The number of fused-ring (bicyclic) bond motifs is 2. The van der Waals surface area contributed by atoms with E-state index in [1.807, 2.05) is 42.5 Å². The number of aromatic nitrogens is 6. The van der Waals surface area contributed by atoms with Crippen molar-refractivity contribution in [3.05, 3.63) is 103 Å². The van der Waals surface area contributed by atoms with Crippen LogP contribution >= 0.6 is 0 Å². The highest BCUT2D eigenvalue weighted by Crippen LogP contribution is 2.34. The first-order valence-electron chi connectivity index (χ1n) is 14.7. The number of amides is 1. The number of para-hydroxylation sites is 3. The molecule has 1 N–H and O–H groups in total. The molecule has 7 rings (SSSR count). The smallest absolute Gasteiger partial charge is 0.449 e. The number of nitrogens with one attached hydrogen (secondary N) is 1. The molecule has 46 heavy (non-hydrogen) atoms. The van der Waals surface area contributed by atoms with E-state index in [1.165, 1.54) is 12.1 Å². The van der Waals surface area contributed by atoms with Crippen molar-refractivity contribution in [3.8, 4) is 17.1 Å². The molecule has 13 heteroatoms. The third-order valence-electron chi connectivity index (χ3n) is 8.20. The monoisotopic (exact) mass is 626 g/mol. The molecule has 1 atom stereocenters. The van der Waals surface area contributed by atoms with Gasteiger partial charge in [-0.25, -0.2) is 15.0 Å². The summed E-state index contributed by atoms with van der Waals surface area (Å²) in [7, 11) is 1.55. The van der Waals surface area contributed by atoms with Gasteiger partial charge in [0.2, 0.25) is 17.6 Å². The summed E-state index contributed by atoms with van der Waals surface area (Å²) in [4.78, 5) is 38.5. The Morgan fingerprint density at radius 3 is 2.59 bits per heavy atom. The highest BCUT2D eigenvalue weighted by atomic mass is 19.4. The number of methoxy groups -OCH3 is 1. The zero-order valence-corrected chi connectivity index (χ0v) is 24.8. The normalized spacial score (nSPS) is 15.9. The minimum Gasteiger partial charge on any atom is -0.480 e. The van der Waals surface area contributed by atoms with E-state index in [-0.39, 0.29) is 17.6 Å². The number of carbonyl (C=O) groups is 1. The summed E-state index contributed by atoms with van der Waals surface area (Å²) in [6.45, 7) is 1.27. The molecule has 0 saturated carbocycles. The summed E-state index contributed by atoms with van der Waals surface area (Å²) in [5.74, 6) is -0.663. The molecule has 1 amide bonds. The first-order valence-corrected chi connectivity index (χ1v) is 14.7. The van der Waals surface area contributed by atoms with Crippen molar-refractivity contribution in [2.75, 3.05) is 26.7 Å². The molecular weight excluding hydrogens is 597 g/mol. The summed E-state index contributed by atoms with van der Waals surface area (Å²) < 4.78 is 48.7. The van der Waals surface area contributed by atoms with Gasteiger partial charge in [0.1, 0.15) is 18.4 Å². The fraction of sp³-hybridized carbons (Fsp3) is 0.242. The summed E-state index contributed by atoms with van der Waals surface area (Å²) in [5, 5.41) is 0.916. The Bertz CT molecular complexity index is 2020. The van der Waals surface area contributed by atoms with Crippen molar-refractivity contribution in [1.29, 1.82) is 0 Å². The quantitative estimate of drug-likeness (QED) is 0.250. The maximum Gasteiger partial charge on any atom is 0.449 e. The predicted molar refractivity (Wildman–Crippen MR) is 165 cm³/mol. The summed E-state index contributed by atoms with van der Waals surface area (Å²) in [6.07, 6.45) is 0.430. The van der Waals surface area contributed by atoms with Crippen LogP contribution < -0.4 is 4.74 Å². The van der Waals surface area contributed by atoms with Gasteiger partial charge in [0.05, 0.1) is 41.1 Å². The van der Waals surface area contributed by atoms with Crippen molar-refractivity contribution in [2.45, 2.75) is 25.3 Å². The van der Waals surface area contributed by atoms with Crippen molar-refractivity contribution in [2.24, 2.45) is 0 Å². The molecule has 0 spiro atoms. The molecule has 1 aliphatic rings. The van der Waals surface area contributed by atoms with Gasteiger partial charge >= 0.3 is 6.18 Å². The van der Waals surface area contributed by atoms with Crippen LogP contribution in [0.5, 0.6) is 5.88 Å². The molecule has 1 unspecified atom stereocenters. The minimum absolute atomic E-state index is 0.175. The number of rotatable bonds is 7. The van der Waals surface area contributed by atoms with Crippen LogP contribution in [0, 0.1) is 0 Å². The number of pyridine rings is 2. The lowest BCUT2D eigenvalue weighted by Gasteiger charge is -2.40. The van der Waals surface area contributed by atoms with E-state index in [0.29, 0.717) is 42.6 Å². The number of ether oxygens (including phenoxy) is 1. The summed E-state index contributed by atoms with van der Waals surface area (Å²) in [5.41, 5.74) is 3.54. The van der Waals surface area contributed by atoms with Crippen molar-refractivity contribution in [3.63, 3.8) is 0 Å². The molecule has 4 aromatic heterocycles. The molecule has 234 valence electrons. The van der Waals surface area contributed by atoms with E-state index < -0.39 is 30.5 Å². The van der Waals surface area contributed by atoms with E-state index in [0.717, 1.165) is 21.0 Å². The lowest BCUT2D eigenvalue weighted by Crippen LogP contribution is -2.51. The molecule has 0 aliphatic carbocycles. The summed E-state index contributed by atoms with van der Waals surface area (Å²) >= 11 is 0. The third-order valence-corrected chi connectivity index (χ3v) is 8.20. The standard InChI is InChI=1S/C33H29F3N8O2/c1-46-31-23(15-22-8-2-3-9-24(22)40-31)26-17-38-30(39-26)28-19-42(18-21-7-6-12-37-16-21)13-14-43(28)29(45)20-44-27-11-5-4-10-25(27)41-32(44)33(34,35)36/h2-12,15-17,28H,13-14,18-20H2,1H3,(H,38,39). The fourth-order valence-electron chi connectivity index (χ4n) is 6.03. The van der Waals surface area contributed by atoms with Gasteiger partial charge in [0.25, 0.3) is 0 Å². The van der Waals surface area contributed by atoms with Crippen molar-refractivity contribution in [1.82, 2.24) is 39.3 Å². The van der Waals surface area contributed by atoms with Crippen LogP contribution in [-0.4, -0.2) is 71.9 Å². The lowest BCUT2D eigenvalue weighted by atomic mass is 10.1. The first kappa shape index (κ1) is 29.4.